The number of rotatable bonds is 2. The Bertz CT molecular complexity index is 525. The molecular weight excluding hydrogens is 214 g/mol. The molecule has 2 N–H and O–H groups in total. The van der Waals surface area contributed by atoms with Crippen molar-refractivity contribution in [3.8, 4) is 0 Å². The number of hydrogen-bond acceptors (Lipinski definition) is 3. The molecule has 0 spiro atoms. The first kappa shape index (κ1) is 11.1. The predicted octanol–water partition coefficient (Wildman–Crippen LogP) is 1.94. The van der Waals surface area contributed by atoms with Crippen LogP contribution in [0.15, 0.2) is 48.8 Å². The molecule has 1 aromatic heterocycles. The number of para-hydroxylation sites is 2. The van der Waals surface area contributed by atoms with Crippen molar-refractivity contribution in [2.45, 2.75) is 0 Å². The van der Waals surface area contributed by atoms with E-state index in [1.165, 1.54) is 11.1 Å². The molecule has 0 saturated carbocycles. The monoisotopic (exact) mass is 227 g/mol. The minimum absolute atomic E-state index is 0.129. The summed E-state index contributed by atoms with van der Waals surface area (Å²) in [5.41, 5.74) is 7.64. The average molecular weight is 227 g/mol. The van der Waals surface area contributed by atoms with Crippen LogP contribution in [0.1, 0.15) is 10.4 Å². The lowest BCUT2D eigenvalue weighted by atomic mass is 10.2. The molecular formula is C13H13N3O. The normalized spacial score (nSPS) is 9.94. The predicted molar refractivity (Wildman–Crippen MR) is 67.8 cm³/mol. The van der Waals surface area contributed by atoms with E-state index in [2.05, 4.69) is 4.98 Å². The summed E-state index contributed by atoms with van der Waals surface area (Å²) < 4.78 is 0. The van der Waals surface area contributed by atoms with E-state index in [0.29, 0.717) is 16.9 Å². The number of hydrogen-bond donors (Lipinski definition) is 1. The standard InChI is InChI=1S/C13H13N3O/c1-16(12-7-3-2-6-11(12)14)13(17)10-5-4-8-15-9-10/h2-9H,14H2,1H3. The molecule has 0 aliphatic carbocycles. The van der Waals surface area contributed by atoms with Gasteiger partial charge < -0.3 is 10.6 Å². The largest absolute Gasteiger partial charge is 0.397 e. The van der Waals surface area contributed by atoms with E-state index < -0.39 is 0 Å². The Morgan fingerprint density at radius 2 is 2.00 bits per heavy atom. The molecule has 1 amide bonds. The van der Waals surface area contributed by atoms with Crippen LogP contribution in [0, 0.1) is 0 Å². The number of carbonyl (C=O) groups is 1. The maximum Gasteiger partial charge on any atom is 0.259 e. The Hall–Kier alpha value is -2.36. The zero-order chi connectivity index (χ0) is 12.3. The molecule has 0 aliphatic heterocycles. The van der Waals surface area contributed by atoms with Crippen molar-refractivity contribution in [2.75, 3.05) is 17.7 Å². The molecule has 2 aromatic rings. The van der Waals surface area contributed by atoms with Crippen LogP contribution >= 0.6 is 0 Å². The Labute approximate surface area is 99.7 Å². The number of aromatic nitrogens is 1. The summed E-state index contributed by atoms with van der Waals surface area (Å²) in [5.74, 6) is -0.129. The molecule has 17 heavy (non-hydrogen) atoms. The molecule has 0 aliphatic rings. The SMILES string of the molecule is CN(C(=O)c1cccnc1)c1ccccc1N. The summed E-state index contributed by atoms with van der Waals surface area (Å²) in [6.07, 6.45) is 3.17. The van der Waals surface area contributed by atoms with Crippen LogP contribution in [0.4, 0.5) is 11.4 Å². The van der Waals surface area contributed by atoms with Gasteiger partial charge in [-0.15, -0.1) is 0 Å². The van der Waals surface area contributed by atoms with E-state index in [1.807, 2.05) is 18.2 Å². The van der Waals surface area contributed by atoms with Crippen molar-refractivity contribution < 1.29 is 4.79 Å². The maximum absolute atomic E-state index is 12.1. The number of pyridine rings is 1. The summed E-state index contributed by atoms with van der Waals surface area (Å²) in [6, 6.07) is 10.7. The number of carbonyl (C=O) groups excluding carboxylic acids is 1. The van der Waals surface area contributed by atoms with Crippen LogP contribution in [-0.4, -0.2) is 17.9 Å². The highest BCUT2D eigenvalue weighted by atomic mass is 16.2. The fourth-order valence-corrected chi connectivity index (χ4v) is 1.59. The van der Waals surface area contributed by atoms with Gasteiger partial charge in [-0.2, -0.15) is 0 Å². The molecule has 2 rings (SSSR count). The van der Waals surface area contributed by atoms with E-state index in [1.54, 1.807) is 31.4 Å². The summed E-state index contributed by atoms with van der Waals surface area (Å²) in [6.45, 7) is 0. The van der Waals surface area contributed by atoms with Gasteiger partial charge in [0, 0.05) is 19.4 Å². The molecule has 4 heteroatoms. The molecule has 0 fully saturated rings. The Morgan fingerprint density at radius 1 is 1.24 bits per heavy atom. The quantitative estimate of drug-likeness (QED) is 0.797. The van der Waals surface area contributed by atoms with Crippen molar-refractivity contribution in [1.82, 2.24) is 4.98 Å². The third-order valence-electron chi connectivity index (χ3n) is 2.51. The van der Waals surface area contributed by atoms with Crippen LogP contribution in [-0.2, 0) is 0 Å². The van der Waals surface area contributed by atoms with Crippen LogP contribution in [0.3, 0.4) is 0 Å². The minimum atomic E-state index is -0.129. The van der Waals surface area contributed by atoms with E-state index in [0.717, 1.165) is 0 Å². The first-order valence-corrected chi connectivity index (χ1v) is 5.22. The molecule has 4 nitrogen and oxygen atoms in total. The van der Waals surface area contributed by atoms with Gasteiger partial charge in [-0.1, -0.05) is 12.1 Å². The second kappa shape index (κ2) is 4.65. The van der Waals surface area contributed by atoms with Crippen LogP contribution in [0.25, 0.3) is 0 Å². The van der Waals surface area contributed by atoms with Gasteiger partial charge in [0.05, 0.1) is 16.9 Å². The van der Waals surface area contributed by atoms with Gasteiger partial charge in [-0.25, -0.2) is 0 Å². The summed E-state index contributed by atoms with van der Waals surface area (Å²) >= 11 is 0. The van der Waals surface area contributed by atoms with Crippen LogP contribution < -0.4 is 10.6 Å². The number of nitrogens with zero attached hydrogens (tertiary/aromatic N) is 2. The third kappa shape index (κ3) is 2.25. The van der Waals surface area contributed by atoms with Crippen molar-refractivity contribution >= 4 is 17.3 Å². The lowest BCUT2D eigenvalue weighted by Gasteiger charge is -2.18. The second-order valence-corrected chi connectivity index (χ2v) is 3.66. The highest BCUT2D eigenvalue weighted by Crippen LogP contribution is 2.22. The van der Waals surface area contributed by atoms with Crippen molar-refractivity contribution in [3.05, 3.63) is 54.4 Å². The third-order valence-corrected chi connectivity index (χ3v) is 2.51. The lowest BCUT2D eigenvalue weighted by molar-refractivity contribution is 0.0993. The van der Waals surface area contributed by atoms with Gasteiger partial charge in [-0.05, 0) is 24.3 Å². The summed E-state index contributed by atoms with van der Waals surface area (Å²) in [5, 5.41) is 0. The van der Waals surface area contributed by atoms with Gasteiger partial charge in [0.1, 0.15) is 0 Å². The molecule has 86 valence electrons. The second-order valence-electron chi connectivity index (χ2n) is 3.66. The van der Waals surface area contributed by atoms with E-state index >= 15 is 0 Å². The number of anilines is 2. The number of nitrogens with two attached hydrogens (primary N) is 1. The fraction of sp³-hybridized carbons (Fsp3) is 0.0769. The van der Waals surface area contributed by atoms with Crippen molar-refractivity contribution in [2.24, 2.45) is 0 Å². The zero-order valence-electron chi connectivity index (χ0n) is 9.50. The first-order valence-electron chi connectivity index (χ1n) is 5.22. The van der Waals surface area contributed by atoms with Crippen LogP contribution in [0.2, 0.25) is 0 Å². The maximum atomic E-state index is 12.1. The number of nitrogen functional groups attached to an aromatic ring is 1. The molecule has 1 aromatic carbocycles. The van der Waals surface area contributed by atoms with E-state index in [-0.39, 0.29) is 5.91 Å². The zero-order valence-corrected chi connectivity index (χ0v) is 9.50. The van der Waals surface area contributed by atoms with E-state index in [4.69, 9.17) is 5.73 Å². The molecule has 0 atom stereocenters. The smallest absolute Gasteiger partial charge is 0.259 e. The molecule has 0 saturated heterocycles. The molecule has 1 heterocycles. The van der Waals surface area contributed by atoms with Gasteiger partial charge in [0.25, 0.3) is 5.91 Å². The van der Waals surface area contributed by atoms with Crippen molar-refractivity contribution in [1.29, 1.82) is 0 Å². The minimum Gasteiger partial charge on any atom is -0.397 e. The molecule has 0 unspecified atom stereocenters. The Morgan fingerprint density at radius 3 is 2.65 bits per heavy atom. The fourth-order valence-electron chi connectivity index (χ4n) is 1.59. The molecule has 0 radical (unpaired) electrons. The van der Waals surface area contributed by atoms with Crippen LogP contribution in [0.5, 0.6) is 0 Å². The topological polar surface area (TPSA) is 59.2 Å². The van der Waals surface area contributed by atoms with Crippen molar-refractivity contribution in [3.63, 3.8) is 0 Å². The summed E-state index contributed by atoms with van der Waals surface area (Å²) in [7, 11) is 1.70. The highest BCUT2D eigenvalue weighted by Gasteiger charge is 2.14. The Kier molecular flexibility index (Phi) is 3.05. The summed E-state index contributed by atoms with van der Waals surface area (Å²) in [4.78, 5) is 17.6. The van der Waals surface area contributed by atoms with Gasteiger partial charge in [-0.3, -0.25) is 9.78 Å². The average Bonchev–Trinajstić information content (AvgIpc) is 2.39. The number of amides is 1. The number of benzene rings is 1. The van der Waals surface area contributed by atoms with Gasteiger partial charge in [0.2, 0.25) is 0 Å². The Balaban J connectivity index is 2.30. The molecule has 0 bridgehead atoms. The first-order chi connectivity index (χ1) is 8.20. The van der Waals surface area contributed by atoms with Gasteiger partial charge in [0.15, 0.2) is 0 Å². The van der Waals surface area contributed by atoms with Gasteiger partial charge >= 0.3 is 0 Å². The van der Waals surface area contributed by atoms with E-state index in [9.17, 15) is 4.79 Å². The highest BCUT2D eigenvalue weighted by molar-refractivity contribution is 6.06. The lowest BCUT2D eigenvalue weighted by Crippen LogP contribution is -2.27.